The number of carbonyl (C=O) groups excluding carboxylic acids is 2. The lowest BCUT2D eigenvalue weighted by Gasteiger charge is -2.42. The molecule has 0 saturated carbocycles. The topological polar surface area (TPSA) is 71.1 Å². The van der Waals surface area contributed by atoms with E-state index in [1.165, 1.54) is 0 Å². The molecule has 2 aliphatic rings. The van der Waals surface area contributed by atoms with Crippen LogP contribution in [0, 0.1) is 0 Å². The van der Waals surface area contributed by atoms with Crippen LogP contribution < -0.4 is 18.9 Å². The Kier molecular flexibility index (Phi) is 6.14. The first-order valence-electron chi connectivity index (χ1n) is 13.5. The second-order valence-corrected chi connectivity index (χ2v) is 10.6. The first-order valence-corrected chi connectivity index (χ1v) is 13.5. The Hall–Kier alpha value is -4.58. The molecule has 0 amide bonds. The van der Waals surface area contributed by atoms with Gasteiger partial charge in [-0.05, 0) is 52.0 Å². The maximum Gasteiger partial charge on any atom is 0.247 e. The van der Waals surface area contributed by atoms with Gasteiger partial charge in [-0.15, -0.1) is 0 Å². The van der Waals surface area contributed by atoms with Gasteiger partial charge in [0, 0.05) is 23.3 Å². The predicted molar refractivity (Wildman–Crippen MR) is 151 cm³/mol. The summed E-state index contributed by atoms with van der Waals surface area (Å²) in [4.78, 5) is 29.4. The quantitative estimate of drug-likeness (QED) is 0.257. The molecule has 0 spiro atoms. The number of rotatable bonds is 7. The molecular weight excluding hydrogens is 504 g/mol. The second-order valence-electron chi connectivity index (χ2n) is 10.6. The molecule has 6 nitrogen and oxygen atoms in total. The minimum Gasteiger partial charge on any atom is -0.491 e. The second kappa shape index (κ2) is 9.56. The van der Waals surface area contributed by atoms with E-state index < -0.39 is 11.2 Å². The largest absolute Gasteiger partial charge is 0.491 e. The van der Waals surface area contributed by atoms with Crippen molar-refractivity contribution in [1.29, 1.82) is 0 Å². The van der Waals surface area contributed by atoms with E-state index in [-0.39, 0.29) is 23.8 Å². The first kappa shape index (κ1) is 25.7. The van der Waals surface area contributed by atoms with Gasteiger partial charge in [-0.25, -0.2) is 0 Å². The SMILES string of the molecule is CC(C)Oc1ccc2c(c1)O[C@](c1ccccc1)([C@]1(c3ccccc3)Oc3cc(OC(C)C)ccc3C1=O)C2=O. The van der Waals surface area contributed by atoms with Crippen molar-refractivity contribution in [3.8, 4) is 23.0 Å². The number of hydrogen-bond donors (Lipinski definition) is 0. The Bertz CT molecular complexity index is 1470. The van der Waals surface area contributed by atoms with Crippen LogP contribution in [0.1, 0.15) is 59.5 Å². The number of ether oxygens (including phenoxy) is 4. The summed E-state index contributed by atoms with van der Waals surface area (Å²) in [5, 5.41) is 0. The molecule has 0 aliphatic carbocycles. The molecule has 0 unspecified atom stereocenters. The van der Waals surface area contributed by atoms with Crippen molar-refractivity contribution in [2.24, 2.45) is 0 Å². The van der Waals surface area contributed by atoms with E-state index in [9.17, 15) is 9.59 Å². The van der Waals surface area contributed by atoms with E-state index in [1.807, 2.05) is 64.1 Å². The number of ketones is 2. The van der Waals surface area contributed by atoms with E-state index in [1.54, 1.807) is 60.7 Å². The number of hydrogen-bond acceptors (Lipinski definition) is 6. The Morgan fingerprint density at radius 1 is 0.550 bits per heavy atom. The Balaban J connectivity index is 1.61. The molecule has 0 N–H and O–H groups in total. The summed E-state index contributed by atoms with van der Waals surface area (Å²) < 4.78 is 25.3. The van der Waals surface area contributed by atoms with Crippen LogP contribution in [0.2, 0.25) is 0 Å². The number of Topliss-reactive ketones (excluding diaryl/α,β-unsaturated/α-hetero) is 2. The summed E-state index contributed by atoms with van der Waals surface area (Å²) in [7, 11) is 0. The van der Waals surface area contributed by atoms with E-state index in [2.05, 4.69) is 0 Å². The number of fused-ring (bicyclic) bond motifs is 2. The van der Waals surface area contributed by atoms with Gasteiger partial charge in [0.25, 0.3) is 0 Å². The van der Waals surface area contributed by atoms with Gasteiger partial charge in [0.2, 0.25) is 22.8 Å². The van der Waals surface area contributed by atoms with Crippen LogP contribution in [0.5, 0.6) is 23.0 Å². The lowest BCUT2D eigenvalue weighted by atomic mass is 9.68. The number of carbonyl (C=O) groups is 2. The molecule has 6 rings (SSSR count). The fourth-order valence-corrected chi connectivity index (χ4v) is 5.64. The molecule has 40 heavy (non-hydrogen) atoms. The van der Waals surface area contributed by atoms with Gasteiger partial charge >= 0.3 is 0 Å². The Morgan fingerprint density at radius 3 is 1.27 bits per heavy atom. The molecule has 2 aliphatic heterocycles. The molecule has 0 saturated heterocycles. The highest BCUT2D eigenvalue weighted by molar-refractivity contribution is 6.17. The lowest BCUT2D eigenvalue weighted by molar-refractivity contribution is -0.0647. The van der Waals surface area contributed by atoms with Crippen molar-refractivity contribution >= 4 is 11.6 Å². The van der Waals surface area contributed by atoms with E-state index in [0.717, 1.165) is 0 Å². The van der Waals surface area contributed by atoms with Crippen LogP contribution >= 0.6 is 0 Å². The highest BCUT2D eigenvalue weighted by Gasteiger charge is 2.72. The fourth-order valence-electron chi connectivity index (χ4n) is 5.64. The third-order valence-electron chi connectivity index (χ3n) is 7.16. The lowest BCUT2D eigenvalue weighted by Crippen LogP contribution is -2.61. The van der Waals surface area contributed by atoms with Gasteiger partial charge in [0.1, 0.15) is 23.0 Å². The minimum atomic E-state index is -1.86. The molecule has 0 aromatic heterocycles. The molecule has 2 atom stereocenters. The molecule has 202 valence electrons. The zero-order valence-corrected chi connectivity index (χ0v) is 22.8. The summed E-state index contributed by atoms with van der Waals surface area (Å²) in [5.41, 5.74) is -2.00. The third kappa shape index (κ3) is 3.78. The monoisotopic (exact) mass is 534 g/mol. The van der Waals surface area contributed by atoms with Crippen molar-refractivity contribution < 1.29 is 28.5 Å². The van der Waals surface area contributed by atoms with E-state index in [4.69, 9.17) is 18.9 Å². The van der Waals surface area contributed by atoms with E-state index in [0.29, 0.717) is 45.3 Å². The molecule has 0 fully saturated rings. The highest BCUT2D eigenvalue weighted by atomic mass is 16.6. The first-order chi connectivity index (χ1) is 19.3. The Morgan fingerprint density at radius 2 is 0.925 bits per heavy atom. The van der Waals surface area contributed by atoms with E-state index >= 15 is 0 Å². The van der Waals surface area contributed by atoms with Gasteiger partial charge < -0.3 is 18.9 Å². The normalized spacial score (nSPS) is 21.1. The smallest absolute Gasteiger partial charge is 0.247 e. The van der Waals surface area contributed by atoms with Gasteiger partial charge in [0.15, 0.2) is 0 Å². The minimum absolute atomic E-state index is 0.0683. The summed E-state index contributed by atoms with van der Waals surface area (Å²) in [6, 6.07) is 28.5. The molecule has 4 aromatic carbocycles. The van der Waals surface area contributed by atoms with Gasteiger partial charge in [0.05, 0.1) is 23.3 Å². The van der Waals surface area contributed by atoms with Crippen LogP contribution in [0.15, 0.2) is 97.1 Å². The van der Waals surface area contributed by atoms with Crippen molar-refractivity contribution in [3.63, 3.8) is 0 Å². The van der Waals surface area contributed by atoms with Crippen molar-refractivity contribution in [1.82, 2.24) is 0 Å². The predicted octanol–water partition coefficient (Wildman–Crippen LogP) is 6.90. The standard InChI is InChI=1S/C34H30O6/c1-21(2)37-25-15-17-27-29(19-25)39-33(31(27)35,23-11-7-5-8-12-23)34(24-13-9-6-10-14-24)32(36)28-18-16-26(38-22(3)4)20-30(28)40-34/h5-22H,1-4H3/t33-,34+. The molecular formula is C34H30O6. The number of benzene rings is 4. The van der Waals surface area contributed by atoms with Crippen molar-refractivity contribution in [2.75, 3.05) is 0 Å². The summed E-state index contributed by atoms with van der Waals surface area (Å²) in [6.45, 7) is 7.71. The fraction of sp³-hybridized carbons (Fsp3) is 0.235. The molecule has 4 aromatic rings. The van der Waals surface area contributed by atoms with Crippen LogP contribution in [0.25, 0.3) is 0 Å². The molecule has 0 bridgehead atoms. The maximum atomic E-state index is 14.7. The molecule has 2 heterocycles. The average Bonchev–Trinajstić information content (AvgIpc) is 3.40. The Labute approximate surface area is 233 Å². The van der Waals surface area contributed by atoms with Crippen LogP contribution in [-0.2, 0) is 11.2 Å². The third-order valence-corrected chi connectivity index (χ3v) is 7.16. The van der Waals surface area contributed by atoms with Gasteiger partial charge in [-0.2, -0.15) is 0 Å². The summed E-state index contributed by atoms with van der Waals surface area (Å²) in [6.07, 6.45) is -0.137. The van der Waals surface area contributed by atoms with Crippen molar-refractivity contribution in [3.05, 3.63) is 119 Å². The summed E-state index contributed by atoms with van der Waals surface area (Å²) >= 11 is 0. The highest BCUT2D eigenvalue weighted by Crippen LogP contribution is 2.58. The van der Waals surface area contributed by atoms with Crippen molar-refractivity contribution in [2.45, 2.75) is 51.1 Å². The zero-order chi connectivity index (χ0) is 28.1. The molecule has 6 heteroatoms. The summed E-state index contributed by atoms with van der Waals surface area (Å²) in [5.74, 6) is 1.06. The van der Waals surface area contributed by atoms with Crippen LogP contribution in [-0.4, -0.2) is 23.8 Å². The van der Waals surface area contributed by atoms with Gasteiger partial charge in [-0.1, -0.05) is 60.7 Å². The average molecular weight is 535 g/mol. The zero-order valence-electron chi connectivity index (χ0n) is 22.8. The van der Waals surface area contributed by atoms with Crippen LogP contribution in [0.4, 0.5) is 0 Å². The maximum absolute atomic E-state index is 14.7. The van der Waals surface area contributed by atoms with Gasteiger partial charge in [-0.3, -0.25) is 9.59 Å². The molecule has 0 radical (unpaired) electrons. The van der Waals surface area contributed by atoms with Crippen LogP contribution in [0.3, 0.4) is 0 Å².